The number of rotatable bonds is 2. The smallest absolute Gasteiger partial charge is 0.326 e. The number of carboxylic acids is 1. The summed E-state index contributed by atoms with van der Waals surface area (Å²) in [6.45, 7) is 2.31. The molecule has 1 saturated heterocycles. The number of aryl methyl sites for hydroxylation is 1. The first-order valence-corrected chi connectivity index (χ1v) is 6.18. The highest BCUT2D eigenvalue weighted by molar-refractivity contribution is 6.31. The van der Waals surface area contributed by atoms with Crippen LogP contribution in [0.3, 0.4) is 0 Å². The molecule has 1 aromatic carbocycles. The first kappa shape index (κ1) is 12.9. The van der Waals surface area contributed by atoms with Gasteiger partial charge in [-0.2, -0.15) is 0 Å². The van der Waals surface area contributed by atoms with Gasteiger partial charge in [0.1, 0.15) is 6.04 Å². The van der Waals surface area contributed by atoms with E-state index in [0.29, 0.717) is 23.6 Å². The summed E-state index contributed by atoms with van der Waals surface area (Å²) in [5.74, 6) is -1.17. The predicted octanol–water partition coefficient (Wildman–Crippen LogP) is 2.34. The molecule has 1 aliphatic rings. The Kier molecular flexibility index (Phi) is 3.57. The molecule has 1 heterocycles. The largest absolute Gasteiger partial charge is 0.480 e. The minimum Gasteiger partial charge on any atom is -0.480 e. The third kappa shape index (κ3) is 2.34. The Labute approximate surface area is 110 Å². The monoisotopic (exact) mass is 267 g/mol. The third-order valence-corrected chi connectivity index (χ3v) is 3.63. The summed E-state index contributed by atoms with van der Waals surface area (Å²) >= 11 is 5.91. The highest BCUT2D eigenvalue weighted by Crippen LogP contribution is 2.22. The summed E-state index contributed by atoms with van der Waals surface area (Å²) in [5, 5.41) is 9.66. The van der Waals surface area contributed by atoms with Crippen molar-refractivity contribution in [2.45, 2.75) is 25.8 Å². The zero-order valence-electron chi connectivity index (χ0n) is 10.0. The fourth-order valence-electron chi connectivity index (χ4n) is 2.21. The van der Waals surface area contributed by atoms with Crippen LogP contribution in [-0.2, 0) is 4.79 Å². The average molecular weight is 268 g/mol. The fraction of sp³-hybridized carbons (Fsp3) is 0.385. The number of aliphatic carboxylic acids is 1. The van der Waals surface area contributed by atoms with Gasteiger partial charge in [0, 0.05) is 17.1 Å². The van der Waals surface area contributed by atoms with Gasteiger partial charge in [-0.25, -0.2) is 4.79 Å². The zero-order valence-corrected chi connectivity index (χ0v) is 10.8. The van der Waals surface area contributed by atoms with Crippen molar-refractivity contribution >= 4 is 23.5 Å². The van der Waals surface area contributed by atoms with Crippen LogP contribution in [0.25, 0.3) is 0 Å². The average Bonchev–Trinajstić information content (AvgIpc) is 2.81. The van der Waals surface area contributed by atoms with Gasteiger partial charge in [0.25, 0.3) is 5.91 Å². The summed E-state index contributed by atoms with van der Waals surface area (Å²) in [6, 6.07) is 4.29. The number of carbonyl (C=O) groups excluding carboxylic acids is 1. The van der Waals surface area contributed by atoms with Gasteiger partial charge in [-0.3, -0.25) is 4.79 Å². The van der Waals surface area contributed by atoms with Crippen molar-refractivity contribution in [3.05, 3.63) is 34.3 Å². The lowest BCUT2D eigenvalue weighted by molar-refractivity contribution is -0.141. The minimum atomic E-state index is -0.938. The van der Waals surface area contributed by atoms with Crippen molar-refractivity contribution in [1.29, 1.82) is 0 Å². The van der Waals surface area contributed by atoms with Crippen LogP contribution in [0.4, 0.5) is 0 Å². The van der Waals surface area contributed by atoms with Gasteiger partial charge >= 0.3 is 5.97 Å². The first-order valence-electron chi connectivity index (χ1n) is 5.80. The van der Waals surface area contributed by atoms with E-state index in [1.54, 1.807) is 18.2 Å². The van der Waals surface area contributed by atoms with Crippen LogP contribution in [-0.4, -0.2) is 34.5 Å². The lowest BCUT2D eigenvalue weighted by Gasteiger charge is -2.21. The molecular weight excluding hydrogens is 254 g/mol. The molecule has 18 heavy (non-hydrogen) atoms. The van der Waals surface area contributed by atoms with Gasteiger partial charge in [-0.05, 0) is 43.5 Å². The minimum absolute atomic E-state index is 0.236. The highest BCUT2D eigenvalue weighted by atomic mass is 35.5. The number of amides is 1. The Hall–Kier alpha value is -1.55. The molecule has 96 valence electrons. The van der Waals surface area contributed by atoms with Crippen molar-refractivity contribution in [3.8, 4) is 0 Å². The SMILES string of the molecule is Cc1cc(C(=O)N2CCCC2C(=O)O)ccc1Cl. The van der Waals surface area contributed by atoms with Crippen LogP contribution < -0.4 is 0 Å². The van der Waals surface area contributed by atoms with E-state index in [1.165, 1.54) is 4.90 Å². The predicted molar refractivity (Wildman–Crippen MR) is 67.9 cm³/mol. The topological polar surface area (TPSA) is 57.6 Å². The second-order valence-electron chi connectivity index (χ2n) is 4.46. The van der Waals surface area contributed by atoms with Gasteiger partial charge in [-0.15, -0.1) is 0 Å². The van der Waals surface area contributed by atoms with E-state index in [2.05, 4.69) is 0 Å². The number of carbonyl (C=O) groups is 2. The van der Waals surface area contributed by atoms with Gasteiger partial charge in [-0.1, -0.05) is 11.6 Å². The molecule has 0 aliphatic carbocycles. The van der Waals surface area contributed by atoms with Crippen LogP contribution in [0.15, 0.2) is 18.2 Å². The van der Waals surface area contributed by atoms with E-state index in [4.69, 9.17) is 16.7 Å². The van der Waals surface area contributed by atoms with Crippen LogP contribution in [0.1, 0.15) is 28.8 Å². The second kappa shape index (κ2) is 4.98. The van der Waals surface area contributed by atoms with Crippen molar-refractivity contribution in [3.63, 3.8) is 0 Å². The summed E-state index contributed by atoms with van der Waals surface area (Å²) in [7, 11) is 0. The summed E-state index contributed by atoms with van der Waals surface area (Å²) in [6.07, 6.45) is 1.25. The Morgan fingerprint density at radius 1 is 1.44 bits per heavy atom. The Morgan fingerprint density at radius 3 is 2.78 bits per heavy atom. The Bertz CT molecular complexity index is 501. The van der Waals surface area contributed by atoms with E-state index < -0.39 is 12.0 Å². The van der Waals surface area contributed by atoms with E-state index in [-0.39, 0.29) is 5.91 Å². The molecule has 0 spiro atoms. The Morgan fingerprint density at radius 2 is 2.17 bits per heavy atom. The van der Waals surface area contributed by atoms with Crippen molar-refractivity contribution < 1.29 is 14.7 Å². The molecule has 1 aliphatic heterocycles. The quantitative estimate of drug-likeness (QED) is 0.895. The summed E-state index contributed by atoms with van der Waals surface area (Å²) < 4.78 is 0. The zero-order chi connectivity index (χ0) is 13.3. The normalized spacial score (nSPS) is 19.0. The molecular formula is C13H14ClNO3. The van der Waals surface area contributed by atoms with E-state index >= 15 is 0 Å². The van der Waals surface area contributed by atoms with E-state index in [9.17, 15) is 9.59 Å². The summed E-state index contributed by atoms with van der Waals surface area (Å²) in [4.78, 5) is 24.7. The molecule has 0 radical (unpaired) electrons. The molecule has 0 bridgehead atoms. The molecule has 1 unspecified atom stereocenters. The molecule has 0 aromatic heterocycles. The molecule has 1 amide bonds. The molecule has 4 nitrogen and oxygen atoms in total. The number of hydrogen-bond donors (Lipinski definition) is 1. The lowest BCUT2D eigenvalue weighted by atomic mass is 10.1. The van der Waals surface area contributed by atoms with Crippen LogP contribution in [0.2, 0.25) is 5.02 Å². The first-order chi connectivity index (χ1) is 8.50. The maximum atomic E-state index is 12.2. The Balaban J connectivity index is 2.25. The molecule has 2 rings (SSSR count). The van der Waals surface area contributed by atoms with Crippen molar-refractivity contribution in [2.75, 3.05) is 6.54 Å². The number of benzene rings is 1. The molecule has 1 atom stereocenters. The van der Waals surface area contributed by atoms with Gasteiger partial charge < -0.3 is 10.0 Å². The molecule has 1 aromatic rings. The molecule has 1 N–H and O–H groups in total. The van der Waals surface area contributed by atoms with Crippen molar-refractivity contribution in [2.24, 2.45) is 0 Å². The number of halogens is 1. The van der Waals surface area contributed by atoms with Crippen LogP contribution in [0.5, 0.6) is 0 Å². The maximum absolute atomic E-state index is 12.2. The molecule has 0 saturated carbocycles. The highest BCUT2D eigenvalue weighted by Gasteiger charge is 2.34. The summed E-state index contributed by atoms with van der Waals surface area (Å²) in [5.41, 5.74) is 1.30. The third-order valence-electron chi connectivity index (χ3n) is 3.20. The maximum Gasteiger partial charge on any atom is 0.326 e. The standard InChI is InChI=1S/C13H14ClNO3/c1-8-7-9(4-5-10(8)14)12(16)15-6-2-3-11(15)13(17)18/h4-5,7,11H,2-3,6H2,1H3,(H,17,18). The van der Waals surface area contributed by atoms with Gasteiger partial charge in [0.2, 0.25) is 0 Å². The van der Waals surface area contributed by atoms with Crippen LogP contribution in [0, 0.1) is 6.92 Å². The van der Waals surface area contributed by atoms with E-state index in [1.807, 2.05) is 6.92 Å². The van der Waals surface area contributed by atoms with Gasteiger partial charge in [0.15, 0.2) is 0 Å². The molecule has 5 heteroatoms. The number of nitrogens with zero attached hydrogens (tertiary/aromatic N) is 1. The second-order valence-corrected chi connectivity index (χ2v) is 4.87. The number of likely N-dealkylation sites (tertiary alicyclic amines) is 1. The van der Waals surface area contributed by atoms with E-state index in [0.717, 1.165) is 12.0 Å². The number of carboxylic acid groups (broad SMARTS) is 1. The molecule has 1 fully saturated rings. The fourth-order valence-corrected chi connectivity index (χ4v) is 2.33. The van der Waals surface area contributed by atoms with Gasteiger partial charge in [0.05, 0.1) is 0 Å². The lowest BCUT2D eigenvalue weighted by Crippen LogP contribution is -2.40. The van der Waals surface area contributed by atoms with Crippen LogP contribution >= 0.6 is 11.6 Å². The van der Waals surface area contributed by atoms with Crippen molar-refractivity contribution in [1.82, 2.24) is 4.90 Å². The number of hydrogen-bond acceptors (Lipinski definition) is 2.